The van der Waals surface area contributed by atoms with Crippen LogP contribution in [0, 0.1) is 5.92 Å². The number of carbonyl (C=O) groups is 1. The average Bonchev–Trinajstić information content (AvgIpc) is 2.33. The molecule has 1 rings (SSSR count). The van der Waals surface area contributed by atoms with E-state index in [0.717, 1.165) is 18.7 Å². The molecule has 2 N–H and O–H groups in total. The Labute approximate surface area is 103 Å². The number of hydrogen-bond donors (Lipinski definition) is 2. The minimum atomic E-state index is -0.111. The van der Waals surface area contributed by atoms with E-state index in [-0.39, 0.29) is 5.91 Å². The number of nitrogens with zero attached hydrogens (tertiary/aromatic N) is 1. The third-order valence-corrected chi connectivity index (χ3v) is 2.24. The average molecular weight is 235 g/mol. The Kier molecular flexibility index (Phi) is 5.46. The molecule has 94 valence electrons. The molecule has 0 bridgehead atoms. The molecule has 4 nitrogen and oxygen atoms in total. The van der Waals surface area contributed by atoms with Gasteiger partial charge < -0.3 is 10.6 Å². The van der Waals surface area contributed by atoms with E-state index in [9.17, 15) is 4.79 Å². The fraction of sp³-hybridized carbons (Fsp3) is 0.538. The summed E-state index contributed by atoms with van der Waals surface area (Å²) in [6.45, 7) is 7.88. The first-order valence-electron chi connectivity index (χ1n) is 6.11. The second-order valence-electron chi connectivity index (χ2n) is 4.46. The first-order chi connectivity index (χ1) is 8.13. The second-order valence-corrected chi connectivity index (χ2v) is 4.46. The lowest BCUT2D eigenvalue weighted by Crippen LogP contribution is -2.25. The Morgan fingerprint density at radius 1 is 1.47 bits per heavy atom. The molecule has 4 heteroatoms. The Morgan fingerprint density at radius 3 is 2.88 bits per heavy atom. The van der Waals surface area contributed by atoms with Crippen LogP contribution in [0.5, 0.6) is 0 Å². The molecule has 1 amide bonds. The van der Waals surface area contributed by atoms with Gasteiger partial charge in [0.15, 0.2) is 0 Å². The van der Waals surface area contributed by atoms with Crippen LogP contribution in [-0.4, -0.2) is 24.0 Å². The summed E-state index contributed by atoms with van der Waals surface area (Å²) in [4.78, 5) is 15.8. The zero-order chi connectivity index (χ0) is 12.7. The number of pyridine rings is 1. The molecule has 0 aliphatic carbocycles. The van der Waals surface area contributed by atoms with E-state index < -0.39 is 0 Å². The molecule has 1 aromatic rings. The van der Waals surface area contributed by atoms with Crippen LogP contribution >= 0.6 is 0 Å². The molecule has 17 heavy (non-hydrogen) atoms. The summed E-state index contributed by atoms with van der Waals surface area (Å²) >= 11 is 0. The van der Waals surface area contributed by atoms with E-state index in [1.165, 1.54) is 0 Å². The van der Waals surface area contributed by atoms with Crippen molar-refractivity contribution in [3.63, 3.8) is 0 Å². The standard InChI is InChI=1S/C13H21N3O/c1-4-6-15-13(17)12-8-11(5-7-14-12)16-9-10(2)3/h5,7-8,10H,4,6,9H2,1-3H3,(H,14,16)(H,15,17). The number of amides is 1. The summed E-state index contributed by atoms with van der Waals surface area (Å²) in [6.07, 6.45) is 2.58. The first kappa shape index (κ1) is 13.5. The van der Waals surface area contributed by atoms with Crippen LogP contribution in [0.1, 0.15) is 37.7 Å². The zero-order valence-electron chi connectivity index (χ0n) is 10.8. The molecule has 0 atom stereocenters. The van der Waals surface area contributed by atoms with Crippen LogP contribution in [0.25, 0.3) is 0 Å². The van der Waals surface area contributed by atoms with Gasteiger partial charge in [0.05, 0.1) is 0 Å². The minimum absolute atomic E-state index is 0.111. The van der Waals surface area contributed by atoms with Crippen LogP contribution in [0.4, 0.5) is 5.69 Å². The number of hydrogen-bond acceptors (Lipinski definition) is 3. The molecule has 0 saturated carbocycles. The van der Waals surface area contributed by atoms with E-state index in [1.807, 2.05) is 13.0 Å². The van der Waals surface area contributed by atoms with Gasteiger partial charge in [0.25, 0.3) is 5.91 Å². The van der Waals surface area contributed by atoms with E-state index >= 15 is 0 Å². The number of nitrogens with one attached hydrogen (secondary N) is 2. The van der Waals surface area contributed by atoms with Gasteiger partial charge in [-0.25, -0.2) is 0 Å². The zero-order valence-corrected chi connectivity index (χ0v) is 10.8. The molecular weight excluding hydrogens is 214 g/mol. The highest BCUT2D eigenvalue weighted by Gasteiger charge is 2.06. The maximum atomic E-state index is 11.7. The second kappa shape index (κ2) is 6.89. The van der Waals surface area contributed by atoms with Gasteiger partial charge in [0.1, 0.15) is 5.69 Å². The van der Waals surface area contributed by atoms with Gasteiger partial charge in [-0.1, -0.05) is 20.8 Å². The normalized spacial score (nSPS) is 10.4. The van der Waals surface area contributed by atoms with Crippen molar-refractivity contribution in [3.05, 3.63) is 24.0 Å². The third-order valence-electron chi connectivity index (χ3n) is 2.24. The molecular formula is C13H21N3O. The highest BCUT2D eigenvalue weighted by atomic mass is 16.1. The Morgan fingerprint density at radius 2 is 2.24 bits per heavy atom. The lowest BCUT2D eigenvalue weighted by Gasteiger charge is -2.09. The number of aromatic nitrogens is 1. The van der Waals surface area contributed by atoms with Gasteiger partial charge >= 0.3 is 0 Å². The SMILES string of the molecule is CCCNC(=O)c1cc(NCC(C)C)ccn1. The van der Waals surface area contributed by atoms with Gasteiger partial charge in [-0.05, 0) is 24.5 Å². The van der Waals surface area contributed by atoms with Crippen LogP contribution in [0.3, 0.4) is 0 Å². The Hall–Kier alpha value is -1.58. The van der Waals surface area contributed by atoms with Gasteiger partial charge in [0, 0.05) is 25.0 Å². The maximum Gasteiger partial charge on any atom is 0.269 e. The fourth-order valence-electron chi connectivity index (χ4n) is 1.32. The van der Waals surface area contributed by atoms with Crippen molar-refractivity contribution in [1.29, 1.82) is 0 Å². The quantitative estimate of drug-likeness (QED) is 0.795. The topological polar surface area (TPSA) is 54.0 Å². The molecule has 1 aromatic heterocycles. The van der Waals surface area contributed by atoms with Gasteiger partial charge in [0.2, 0.25) is 0 Å². The van der Waals surface area contributed by atoms with Crippen LogP contribution in [0.2, 0.25) is 0 Å². The predicted molar refractivity (Wildman–Crippen MR) is 70.2 cm³/mol. The maximum absolute atomic E-state index is 11.7. The molecule has 0 aliphatic heterocycles. The summed E-state index contributed by atoms with van der Waals surface area (Å²) in [5, 5.41) is 6.09. The lowest BCUT2D eigenvalue weighted by atomic mass is 10.2. The predicted octanol–water partition coefficient (Wildman–Crippen LogP) is 2.29. The van der Waals surface area contributed by atoms with E-state index in [2.05, 4.69) is 29.5 Å². The Bertz CT molecular complexity index is 363. The lowest BCUT2D eigenvalue weighted by molar-refractivity contribution is 0.0949. The minimum Gasteiger partial charge on any atom is -0.385 e. The van der Waals surface area contributed by atoms with Gasteiger partial charge in [-0.3, -0.25) is 9.78 Å². The molecule has 0 saturated heterocycles. The number of carbonyl (C=O) groups excluding carboxylic acids is 1. The fourth-order valence-corrected chi connectivity index (χ4v) is 1.32. The van der Waals surface area contributed by atoms with Crippen molar-refractivity contribution in [3.8, 4) is 0 Å². The van der Waals surface area contributed by atoms with Crippen LogP contribution in [0.15, 0.2) is 18.3 Å². The largest absolute Gasteiger partial charge is 0.385 e. The molecule has 0 spiro atoms. The summed E-state index contributed by atoms with van der Waals surface area (Å²) in [5.74, 6) is 0.459. The van der Waals surface area contributed by atoms with Crippen molar-refractivity contribution in [2.24, 2.45) is 5.92 Å². The Balaban J connectivity index is 2.61. The molecule has 0 fully saturated rings. The van der Waals surface area contributed by atoms with Crippen molar-refractivity contribution in [1.82, 2.24) is 10.3 Å². The number of anilines is 1. The summed E-state index contributed by atoms with van der Waals surface area (Å²) in [6, 6.07) is 3.66. The smallest absolute Gasteiger partial charge is 0.269 e. The molecule has 0 aromatic carbocycles. The van der Waals surface area contributed by atoms with Crippen molar-refractivity contribution in [2.75, 3.05) is 18.4 Å². The van der Waals surface area contributed by atoms with Crippen molar-refractivity contribution < 1.29 is 4.79 Å². The third kappa shape index (κ3) is 4.85. The van der Waals surface area contributed by atoms with E-state index in [0.29, 0.717) is 18.2 Å². The summed E-state index contributed by atoms with van der Waals surface area (Å²) < 4.78 is 0. The molecule has 0 aliphatic rings. The summed E-state index contributed by atoms with van der Waals surface area (Å²) in [7, 11) is 0. The summed E-state index contributed by atoms with van der Waals surface area (Å²) in [5.41, 5.74) is 1.41. The molecule has 1 heterocycles. The van der Waals surface area contributed by atoms with E-state index in [4.69, 9.17) is 0 Å². The molecule has 0 radical (unpaired) electrons. The monoisotopic (exact) mass is 235 g/mol. The van der Waals surface area contributed by atoms with Crippen LogP contribution in [-0.2, 0) is 0 Å². The van der Waals surface area contributed by atoms with Gasteiger partial charge in [-0.15, -0.1) is 0 Å². The van der Waals surface area contributed by atoms with Crippen molar-refractivity contribution in [2.45, 2.75) is 27.2 Å². The van der Waals surface area contributed by atoms with Crippen molar-refractivity contribution >= 4 is 11.6 Å². The first-order valence-corrected chi connectivity index (χ1v) is 6.11. The highest BCUT2D eigenvalue weighted by Crippen LogP contribution is 2.08. The number of rotatable bonds is 6. The van der Waals surface area contributed by atoms with Gasteiger partial charge in [-0.2, -0.15) is 0 Å². The van der Waals surface area contributed by atoms with Crippen LogP contribution < -0.4 is 10.6 Å². The van der Waals surface area contributed by atoms with E-state index in [1.54, 1.807) is 12.3 Å². The highest BCUT2D eigenvalue weighted by molar-refractivity contribution is 5.93. The molecule has 0 unspecified atom stereocenters.